The van der Waals surface area contributed by atoms with Crippen molar-refractivity contribution in [3.8, 4) is 0 Å². The van der Waals surface area contributed by atoms with Crippen LogP contribution in [0.2, 0.25) is 0 Å². The van der Waals surface area contributed by atoms with E-state index in [0.717, 1.165) is 36.7 Å². The molecule has 3 heteroatoms. The van der Waals surface area contributed by atoms with Crippen molar-refractivity contribution >= 4 is 10.8 Å². The molecule has 102 valence electrons. The summed E-state index contributed by atoms with van der Waals surface area (Å²) >= 11 is 0. The van der Waals surface area contributed by atoms with E-state index in [9.17, 15) is 4.39 Å². The number of hydrogen-bond donors (Lipinski definition) is 2. The lowest BCUT2D eigenvalue weighted by molar-refractivity contribution is 0.549. The van der Waals surface area contributed by atoms with Crippen LogP contribution in [0.15, 0.2) is 36.4 Å². The summed E-state index contributed by atoms with van der Waals surface area (Å²) in [6, 6.07) is 11.3. The van der Waals surface area contributed by atoms with Crippen molar-refractivity contribution in [2.45, 2.75) is 32.4 Å². The molecule has 0 aliphatic heterocycles. The maximum absolute atomic E-state index is 13.1. The Balaban J connectivity index is 1.92. The van der Waals surface area contributed by atoms with Crippen LogP contribution < -0.4 is 11.1 Å². The minimum atomic E-state index is -0.188. The smallest absolute Gasteiger partial charge is 0.123 e. The second-order valence-electron chi connectivity index (χ2n) is 4.96. The summed E-state index contributed by atoms with van der Waals surface area (Å²) in [5.41, 5.74) is 7.08. The molecule has 1 unspecified atom stereocenters. The SMILES string of the molecule is CCC(N)CCNCc1ccc2cc(F)ccc2c1. The molecule has 0 saturated carbocycles. The van der Waals surface area contributed by atoms with Gasteiger partial charge in [-0.1, -0.05) is 25.1 Å². The minimum absolute atomic E-state index is 0.188. The van der Waals surface area contributed by atoms with Crippen LogP contribution in [-0.2, 0) is 6.54 Å². The molecule has 3 N–H and O–H groups in total. The summed E-state index contributed by atoms with van der Waals surface area (Å²) in [5.74, 6) is -0.188. The molecule has 19 heavy (non-hydrogen) atoms. The van der Waals surface area contributed by atoms with Gasteiger partial charge in [-0.05, 0) is 53.9 Å². The summed E-state index contributed by atoms with van der Waals surface area (Å²) in [5, 5.41) is 5.41. The third kappa shape index (κ3) is 4.01. The fourth-order valence-electron chi connectivity index (χ4n) is 2.10. The first-order chi connectivity index (χ1) is 9.19. The van der Waals surface area contributed by atoms with Crippen LogP contribution in [0.4, 0.5) is 4.39 Å². The van der Waals surface area contributed by atoms with Crippen molar-refractivity contribution in [1.29, 1.82) is 0 Å². The largest absolute Gasteiger partial charge is 0.328 e. The van der Waals surface area contributed by atoms with Gasteiger partial charge >= 0.3 is 0 Å². The normalized spacial score (nSPS) is 12.8. The topological polar surface area (TPSA) is 38.0 Å². The van der Waals surface area contributed by atoms with Crippen molar-refractivity contribution in [3.63, 3.8) is 0 Å². The van der Waals surface area contributed by atoms with E-state index in [-0.39, 0.29) is 11.9 Å². The Bertz CT molecular complexity index is 539. The fraction of sp³-hybridized carbons (Fsp3) is 0.375. The maximum atomic E-state index is 13.1. The fourth-order valence-corrected chi connectivity index (χ4v) is 2.10. The molecule has 0 radical (unpaired) electrons. The molecule has 0 aliphatic rings. The summed E-state index contributed by atoms with van der Waals surface area (Å²) in [6.45, 7) is 3.85. The standard InChI is InChI=1S/C16H21FN2/c1-2-16(18)7-8-19-11-12-3-4-14-10-15(17)6-5-13(14)9-12/h3-6,9-10,16,19H,2,7-8,11,18H2,1H3. The third-order valence-electron chi connectivity index (χ3n) is 3.41. The van der Waals surface area contributed by atoms with E-state index in [4.69, 9.17) is 5.73 Å². The first-order valence-corrected chi connectivity index (χ1v) is 6.83. The molecular weight excluding hydrogens is 239 g/mol. The zero-order valence-electron chi connectivity index (χ0n) is 11.3. The van der Waals surface area contributed by atoms with E-state index in [1.54, 1.807) is 6.07 Å². The molecule has 0 saturated heterocycles. The average Bonchev–Trinajstić information content (AvgIpc) is 2.43. The van der Waals surface area contributed by atoms with Crippen LogP contribution in [0.25, 0.3) is 10.8 Å². The molecule has 0 spiro atoms. The zero-order valence-corrected chi connectivity index (χ0v) is 11.3. The van der Waals surface area contributed by atoms with E-state index in [2.05, 4.69) is 18.3 Å². The van der Waals surface area contributed by atoms with Crippen molar-refractivity contribution in [2.75, 3.05) is 6.54 Å². The predicted octanol–water partition coefficient (Wildman–Crippen LogP) is 3.20. The van der Waals surface area contributed by atoms with Gasteiger partial charge in [-0.15, -0.1) is 0 Å². The number of rotatable bonds is 6. The summed E-state index contributed by atoms with van der Waals surface area (Å²) in [6.07, 6.45) is 2.01. The second kappa shape index (κ2) is 6.64. The number of nitrogens with one attached hydrogen (secondary N) is 1. The van der Waals surface area contributed by atoms with Gasteiger partial charge in [0.15, 0.2) is 0 Å². The molecule has 2 aromatic rings. The zero-order chi connectivity index (χ0) is 13.7. The van der Waals surface area contributed by atoms with Crippen molar-refractivity contribution in [2.24, 2.45) is 5.73 Å². The number of hydrogen-bond acceptors (Lipinski definition) is 2. The molecule has 0 heterocycles. The number of fused-ring (bicyclic) bond motifs is 1. The van der Waals surface area contributed by atoms with E-state index in [0.29, 0.717) is 0 Å². The number of halogens is 1. The van der Waals surface area contributed by atoms with Gasteiger partial charge in [0.25, 0.3) is 0 Å². The summed E-state index contributed by atoms with van der Waals surface area (Å²) in [4.78, 5) is 0. The van der Waals surface area contributed by atoms with Gasteiger partial charge in [0.05, 0.1) is 0 Å². The molecule has 2 rings (SSSR count). The summed E-state index contributed by atoms with van der Waals surface area (Å²) < 4.78 is 13.1. The Kier molecular flexibility index (Phi) is 4.88. The molecule has 0 aromatic heterocycles. The molecule has 0 amide bonds. The first-order valence-electron chi connectivity index (χ1n) is 6.83. The lowest BCUT2D eigenvalue weighted by atomic mass is 10.1. The van der Waals surface area contributed by atoms with Crippen LogP contribution in [0.5, 0.6) is 0 Å². The van der Waals surface area contributed by atoms with Gasteiger partial charge < -0.3 is 11.1 Å². The third-order valence-corrected chi connectivity index (χ3v) is 3.41. The quantitative estimate of drug-likeness (QED) is 0.783. The highest BCUT2D eigenvalue weighted by molar-refractivity contribution is 5.83. The minimum Gasteiger partial charge on any atom is -0.328 e. The van der Waals surface area contributed by atoms with Gasteiger partial charge in [-0.3, -0.25) is 0 Å². The van der Waals surface area contributed by atoms with E-state index in [1.165, 1.54) is 11.6 Å². The Morgan fingerprint density at radius 1 is 1.16 bits per heavy atom. The predicted molar refractivity (Wildman–Crippen MR) is 78.5 cm³/mol. The van der Waals surface area contributed by atoms with Crippen LogP contribution in [-0.4, -0.2) is 12.6 Å². The van der Waals surface area contributed by atoms with E-state index < -0.39 is 0 Å². The molecule has 0 aliphatic carbocycles. The van der Waals surface area contributed by atoms with Crippen molar-refractivity contribution in [1.82, 2.24) is 5.32 Å². The van der Waals surface area contributed by atoms with Gasteiger partial charge in [0.1, 0.15) is 5.82 Å². The lowest BCUT2D eigenvalue weighted by Crippen LogP contribution is -2.25. The highest BCUT2D eigenvalue weighted by atomic mass is 19.1. The summed E-state index contributed by atoms with van der Waals surface area (Å²) in [7, 11) is 0. The van der Waals surface area contributed by atoms with Crippen molar-refractivity contribution < 1.29 is 4.39 Å². The Morgan fingerprint density at radius 2 is 1.89 bits per heavy atom. The van der Waals surface area contributed by atoms with E-state index >= 15 is 0 Å². The monoisotopic (exact) mass is 260 g/mol. The van der Waals surface area contributed by atoms with Crippen LogP contribution in [0, 0.1) is 5.82 Å². The van der Waals surface area contributed by atoms with Crippen LogP contribution >= 0.6 is 0 Å². The lowest BCUT2D eigenvalue weighted by Gasteiger charge is -2.10. The van der Waals surface area contributed by atoms with Crippen LogP contribution in [0.3, 0.4) is 0 Å². The molecule has 2 nitrogen and oxygen atoms in total. The molecule has 2 aromatic carbocycles. The highest BCUT2D eigenvalue weighted by Gasteiger charge is 2.00. The molecule has 1 atom stereocenters. The molecular formula is C16H21FN2. The van der Waals surface area contributed by atoms with Crippen LogP contribution in [0.1, 0.15) is 25.3 Å². The Morgan fingerprint density at radius 3 is 2.68 bits per heavy atom. The number of benzene rings is 2. The molecule has 0 bridgehead atoms. The second-order valence-corrected chi connectivity index (χ2v) is 4.96. The van der Waals surface area contributed by atoms with Gasteiger partial charge in [0, 0.05) is 12.6 Å². The Labute approximate surface area is 113 Å². The van der Waals surface area contributed by atoms with Gasteiger partial charge in [-0.25, -0.2) is 4.39 Å². The molecule has 0 fully saturated rings. The van der Waals surface area contributed by atoms with Gasteiger partial charge in [-0.2, -0.15) is 0 Å². The van der Waals surface area contributed by atoms with Crippen molar-refractivity contribution in [3.05, 3.63) is 47.8 Å². The van der Waals surface area contributed by atoms with E-state index in [1.807, 2.05) is 18.2 Å². The Hall–Kier alpha value is -1.45. The van der Waals surface area contributed by atoms with Gasteiger partial charge in [0.2, 0.25) is 0 Å². The number of nitrogens with two attached hydrogens (primary N) is 1. The first kappa shape index (κ1) is 14.0. The highest BCUT2D eigenvalue weighted by Crippen LogP contribution is 2.17. The average molecular weight is 260 g/mol. The maximum Gasteiger partial charge on any atom is 0.123 e.